The van der Waals surface area contributed by atoms with Crippen LogP contribution in [0.3, 0.4) is 0 Å². The summed E-state index contributed by atoms with van der Waals surface area (Å²) in [5, 5.41) is 4.09. The van der Waals surface area contributed by atoms with Gasteiger partial charge in [0.15, 0.2) is 33.7 Å². The number of hydrogen-bond donors (Lipinski definition) is 2. The van der Waals surface area contributed by atoms with Gasteiger partial charge >= 0.3 is 0 Å². The van der Waals surface area contributed by atoms with Crippen LogP contribution in [0.1, 0.15) is 20.3 Å². The van der Waals surface area contributed by atoms with Crippen LogP contribution in [0.15, 0.2) is 16.4 Å². The lowest BCUT2D eigenvalue weighted by Crippen LogP contribution is -2.24. The molecule has 0 aliphatic carbocycles. The number of anilines is 1. The minimum absolute atomic E-state index is 0.0138. The van der Waals surface area contributed by atoms with Gasteiger partial charge < -0.3 is 25.1 Å². The molecule has 0 spiro atoms. The van der Waals surface area contributed by atoms with Gasteiger partial charge in [0.2, 0.25) is 12.5 Å². The number of nitrogens with two attached hydrogens (primary N) is 1. The highest BCUT2D eigenvalue weighted by atomic mass is 127. The molecule has 0 unspecified atom stereocenters. The number of aryl methyl sites for hydroxylation is 1. The molecular weight excluding hydrogens is 637 g/mol. The summed E-state index contributed by atoms with van der Waals surface area (Å²) in [6.45, 7) is 5.78. The van der Waals surface area contributed by atoms with Crippen molar-refractivity contribution in [3.8, 4) is 11.5 Å². The zero-order valence-electron chi connectivity index (χ0n) is 16.2. The van der Waals surface area contributed by atoms with Gasteiger partial charge in [0, 0.05) is 17.5 Å². The number of hydrogen-bond acceptors (Lipinski definition) is 8. The SMILES string of the molecule is CC(C)NCCCn1c(Sc2c(I)c(F)c3c(c2I)OCO3)nc2c(N)ncnc21. The van der Waals surface area contributed by atoms with Crippen LogP contribution in [0.2, 0.25) is 0 Å². The standard InChI is InChI=1S/C18H19FI2N6O2S/c1-8(2)23-4-3-5-27-17-12(16(22)24-6-25-17)26-18(27)30-15-10(20)9(19)13-14(11(15)21)29-7-28-13/h6,8,23H,3-5,7H2,1-2H3,(H2,22,24,25). The largest absolute Gasteiger partial charge is 0.452 e. The van der Waals surface area contributed by atoms with Gasteiger partial charge in [-0.05, 0) is 69.9 Å². The maximum absolute atomic E-state index is 14.8. The number of nitrogens with one attached hydrogen (secondary N) is 1. The second-order valence-corrected chi connectivity index (χ2v) is 10.0. The van der Waals surface area contributed by atoms with E-state index in [0.29, 0.717) is 44.0 Å². The van der Waals surface area contributed by atoms with Crippen molar-refractivity contribution in [2.75, 3.05) is 19.1 Å². The first-order valence-corrected chi connectivity index (χ1v) is 12.2. The van der Waals surface area contributed by atoms with Gasteiger partial charge in [-0.3, -0.25) is 0 Å². The van der Waals surface area contributed by atoms with E-state index in [1.807, 2.05) is 27.2 Å². The summed E-state index contributed by atoms with van der Waals surface area (Å²) in [6.07, 6.45) is 2.31. The Labute approximate surface area is 204 Å². The lowest BCUT2D eigenvalue weighted by molar-refractivity contribution is 0.170. The average Bonchev–Trinajstić information content (AvgIpc) is 3.33. The van der Waals surface area contributed by atoms with E-state index >= 15 is 0 Å². The van der Waals surface area contributed by atoms with Gasteiger partial charge in [0.25, 0.3) is 0 Å². The van der Waals surface area contributed by atoms with Gasteiger partial charge in [-0.1, -0.05) is 13.8 Å². The smallest absolute Gasteiger partial charge is 0.231 e. The van der Waals surface area contributed by atoms with E-state index < -0.39 is 5.82 Å². The molecule has 1 aromatic carbocycles. The van der Waals surface area contributed by atoms with E-state index in [2.05, 4.69) is 56.7 Å². The number of halogens is 3. The third-order valence-electron chi connectivity index (χ3n) is 4.43. The predicted molar refractivity (Wildman–Crippen MR) is 130 cm³/mol. The van der Waals surface area contributed by atoms with E-state index in [1.54, 1.807) is 0 Å². The van der Waals surface area contributed by atoms with E-state index in [1.165, 1.54) is 18.1 Å². The highest BCUT2D eigenvalue weighted by Gasteiger charge is 2.29. The van der Waals surface area contributed by atoms with Crippen molar-refractivity contribution in [2.45, 2.75) is 42.9 Å². The van der Waals surface area contributed by atoms with Crippen LogP contribution in [-0.2, 0) is 6.54 Å². The molecule has 0 radical (unpaired) electrons. The Morgan fingerprint density at radius 3 is 2.80 bits per heavy atom. The third-order valence-corrected chi connectivity index (χ3v) is 8.31. The molecule has 3 aromatic rings. The Balaban J connectivity index is 1.73. The lowest BCUT2D eigenvalue weighted by Gasteiger charge is -2.13. The van der Waals surface area contributed by atoms with E-state index in [-0.39, 0.29) is 12.5 Å². The Morgan fingerprint density at radius 2 is 2.03 bits per heavy atom. The van der Waals surface area contributed by atoms with Gasteiger partial charge in [-0.15, -0.1) is 0 Å². The molecule has 0 saturated carbocycles. The highest BCUT2D eigenvalue weighted by molar-refractivity contribution is 14.1. The number of benzene rings is 1. The van der Waals surface area contributed by atoms with E-state index in [4.69, 9.17) is 15.2 Å². The maximum atomic E-state index is 14.8. The van der Waals surface area contributed by atoms with E-state index in [9.17, 15) is 4.39 Å². The van der Waals surface area contributed by atoms with Crippen molar-refractivity contribution < 1.29 is 13.9 Å². The Kier molecular flexibility index (Phi) is 6.74. The molecule has 4 rings (SSSR count). The molecule has 2 aromatic heterocycles. The molecule has 12 heteroatoms. The Morgan fingerprint density at radius 1 is 1.27 bits per heavy atom. The first-order chi connectivity index (χ1) is 14.4. The van der Waals surface area contributed by atoms with Crippen LogP contribution < -0.4 is 20.5 Å². The number of aromatic nitrogens is 4. The van der Waals surface area contributed by atoms with Crippen LogP contribution >= 0.6 is 56.9 Å². The van der Waals surface area contributed by atoms with Crippen molar-refractivity contribution in [3.05, 3.63) is 19.3 Å². The molecule has 0 atom stereocenters. The van der Waals surface area contributed by atoms with Crippen molar-refractivity contribution in [1.82, 2.24) is 24.8 Å². The molecule has 0 bridgehead atoms. The molecule has 0 fully saturated rings. The quantitative estimate of drug-likeness (QED) is 0.224. The molecule has 0 amide bonds. The topological polar surface area (TPSA) is 100 Å². The monoisotopic (exact) mass is 656 g/mol. The number of ether oxygens (including phenoxy) is 2. The summed E-state index contributed by atoms with van der Waals surface area (Å²) in [7, 11) is 0. The zero-order valence-corrected chi connectivity index (χ0v) is 21.3. The number of imidazole rings is 1. The first-order valence-electron chi connectivity index (χ1n) is 9.22. The molecule has 0 saturated heterocycles. The summed E-state index contributed by atoms with van der Waals surface area (Å²) >= 11 is 5.52. The molecule has 3 heterocycles. The number of rotatable bonds is 7. The third kappa shape index (κ3) is 4.14. The van der Waals surface area contributed by atoms with Crippen LogP contribution in [-0.4, -0.2) is 38.9 Å². The molecule has 160 valence electrons. The lowest BCUT2D eigenvalue weighted by atomic mass is 10.3. The van der Waals surface area contributed by atoms with Crippen LogP contribution in [0.5, 0.6) is 11.5 Å². The summed E-state index contributed by atoms with van der Waals surface area (Å²) < 4.78 is 28.9. The summed E-state index contributed by atoms with van der Waals surface area (Å²) in [6, 6.07) is 0.413. The van der Waals surface area contributed by atoms with Crippen molar-refractivity contribution in [2.24, 2.45) is 0 Å². The van der Waals surface area contributed by atoms with E-state index in [0.717, 1.165) is 21.4 Å². The minimum Gasteiger partial charge on any atom is -0.452 e. The molecule has 30 heavy (non-hydrogen) atoms. The molecule has 8 nitrogen and oxygen atoms in total. The Hall–Kier alpha value is -1.13. The normalized spacial score (nSPS) is 13.0. The first kappa shape index (κ1) is 22.1. The fourth-order valence-corrected chi connectivity index (χ4v) is 6.36. The Bertz CT molecular complexity index is 1110. The number of nitrogens with zero attached hydrogens (tertiary/aromatic N) is 4. The summed E-state index contributed by atoms with van der Waals surface area (Å²) in [5.41, 5.74) is 7.25. The van der Waals surface area contributed by atoms with Gasteiger partial charge in [0.05, 0.1) is 7.14 Å². The maximum Gasteiger partial charge on any atom is 0.231 e. The van der Waals surface area contributed by atoms with Gasteiger partial charge in [-0.2, -0.15) is 0 Å². The zero-order chi connectivity index (χ0) is 21.4. The van der Waals surface area contributed by atoms with Crippen molar-refractivity contribution in [1.29, 1.82) is 0 Å². The fraction of sp³-hybridized carbons (Fsp3) is 0.389. The minimum atomic E-state index is -0.422. The molecule has 1 aliphatic heterocycles. The van der Waals surface area contributed by atoms with Crippen molar-refractivity contribution >= 4 is 73.9 Å². The van der Waals surface area contributed by atoms with Crippen LogP contribution in [0, 0.1) is 13.0 Å². The fourth-order valence-electron chi connectivity index (χ4n) is 3.03. The van der Waals surface area contributed by atoms with Crippen LogP contribution in [0.4, 0.5) is 10.2 Å². The van der Waals surface area contributed by atoms with Crippen LogP contribution in [0.25, 0.3) is 11.2 Å². The second-order valence-electron chi connectivity index (χ2n) is 6.88. The van der Waals surface area contributed by atoms with Gasteiger partial charge in [0.1, 0.15) is 6.33 Å². The summed E-state index contributed by atoms with van der Waals surface area (Å²) in [5.74, 6) is 0.493. The molecule has 3 N–H and O–H groups in total. The average molecular weight is 656 g/mol. The second kappa shape index (κ2) is 9.16. The highest BCUT2D eigenvalue weighted by Crippen LogP contribution is 2.48. The molecule has 1 aliphatic rings. The number of fused-ring (bicyclic) bond motifs is 2. The molecular formula is C18H19FI2N6O2S. The van der Waals surface area contributed by atoms with Crippen molar-refractivity contribution in [3.63, 3.8) is 0 Å². The number of nitrogen functional groups attached to an aromatic ring is 1. The summed E-state index contributed by atoms with van der Waals surface area (Å²) in [4.78, 5) is 13.9. The van der Waals surface area contributed by atoms with Gasteiger partial charge in [-0.25, -0.2) is 19.3 Å². The predicted octanol–water partition coefficient (Wildman–Crippen LogP) is 4.02.